The number of carbonyl (C=O) groups is 2. The fraction of sp³-hybridized carbons (Fsp3) is 0.231. The molecule has 0 saturated carbocycles. The van der Waals surface area contributed by atoms with Crippen molar-refractivity contribution in [1.82, 2.24) is 4.57 Å². The molecule has 1 aromatic heterocycles. The summed E-state index contributed by atoms with van der Waals surface area (Å²) in [6.45, 7) is 5.00. The first kappa shape index (κ1) is 24.2. The Bertz CT molecular complexity index is 1500. The Kier molecular flexibility index (Phi) is 6.97. The molecule has 2 aromatic carbocycles. The molecule has 3 aromatic rings. The average molecular weight is 493 g/mol. The second-order valence-electron chi connectivity index (χ2n) is 7.74. The molecule has 1 aliphatic heterocycles. The molecule has 0 aliphatic carbocycles. The van der Waals surface area contributed by atoms with Crippen molar-refractivity contribution in [3.63, 3.8) is 0 Å². The van der Waals surface area contributed by atoms with E-state index in [-0.39, 0.29) is 12.2 Å². The Balaban J connectivity index is 1.89. The Morgan fingerprint density at radius 1 is 1.14 bits per heavy atom. The van der Waals surface area contributed by atoms with Crippen molar-refractivity contribution in [2.45, 2.75) is 26.8 Å². The van der Waals surface area contributed by atoms with Crippen LogP contribution in [0.3, 0.4) is 0 Å². The molecular formula is C26H24N2O6S. The van der Waals surface area contributed by atoms with Crippen LogP contribution in [-0.4, -0.2) is 30.2 Å². The molecule has 0 radical (unpaired) electrons. The normalized spacial score (nSPS) is 15.3. The lowest BCUT2D eigenvalue weighted by atomic mass is 9.96. The third kappa shape index (κ3) is 4.95. The predicted molar refractivity (Wildman–Crippen MR) is 131 cm³/mol. The zero-order chi connectivity index (χ0) is 25.1. The SMILES string of the molecule is CCOC(=O)C1=C(C)N=c2s/c(=C\c3cccc(OC(C)=O)c3)c(=O)n2C1c1ccc(OC)cc1. The third-order valence-electron chi connectivity index (χ3n) is 5.37. The Morgan fingerprint density at radius 3 is 2.54 bits per heavy atom. The van der Waals surface area contributed by atoms with Crippen LogP contribution in [0.1, 0.15) is 37.9 Å². The largest absolute Gasteiger partial charge is 0.497 e. The van der Waals surface area contributed by atoms with Gasteiger partial charge in [-0.25, -0.2) is 9.79 Å². The molecule has 0 amide bonds. The van der Waals surface area contributed by atoms with Crippen LogP contribution in [-0.2, 0) is 14.3 Å². The maximum absolute atomic E-state index is 13.6. The minimum Gasteiger partial charge on any atom is -0.497 e. The minimum absolute atomic E-state index is 0.202. The monoisotopic (exact) mass is 492 g/mol. The number of benzene rings is 2. The number of thiazole rings is 1. The number of ether oxygens (including phenoxy) is 3. The molecule has 0 saturated heterocycles. The van der Waals surface area contributed by atoms with Crippen LogP contribution in [0, 0.1) is 0 Å². The summed E-state index contributed by atoms with van der Waals surface area (Å²) in [6, 6.07) is 13.4. The van der Waals surface area contributed by atoms with E-state index < -0.39 is 18.0 Å². The molecule has 2 heterocycles. The fourth-order valence-corrected chi connectivity index (χ4v) is 4.92. The van der Waals surface area contributed by atoms with Gasteiger partial charge in [0.15, 0.2) is 4.80 Å². The van der Waals surface area contributed by atoms with Gasteiger partial charge in [-0.1, -0.05) is 35.6 Å². The van der Waals surface area contributed by atoms with Crippen molar-refractivity contribution in [3.8, 4) is 11.5 Å². The van der Waals surface area contributed by atoms with Crippen LogP contribution >= 0.6 is 11.3 Å². The zero-order valence-corrected chi connectivity index (χ0v) is 20.5. The highest BCUT2D eigenvalue weighted by Gasteiger charge is 2.33. The van der Waals surface area contributed by atoms with E-state index in [1.54, 1.807) is 63.4 Å². The van der Waals surface area contributed by atoms with Gasteiger partial charge in [0.2, 0.25) is 0 Å². The van der Waals surface area contributed by atoms with Crippen LogP contribution < -0.4 is 24.4 Å². The topological polar surface area (TPSA) is 96.2 Å². The van der Waals surface area contributed by atoms with Crippen molar-refractivity contribution in [2.75, 3.05) is 13.7 Å². The molecule has 0 N–H and O–H groups in total. The Labute approximate surface area is 205 Å². The average Bonchev–Trinajstić information content (AvgIpc) is 3.12. The lowest BCUT2D eigenvalue weighted by molar-refractivity contribution is -0.139. The van der Waals surface area contributed by atoms with E-state index in [9.17, 15) is 14.4 Å². The molecule has 0 fully saturated rings. The number of allylic oxidation sites excluding steroid dienone is 1. The number of aromatic nitrogens is 1. The van der Waals surface area contributed by atoms with E-state index in [4.69, 9.17) is 14.2 Å². The van der Waals surface area contributed by atoms with Crippen LogP contribution in [0.5, 0.6) is 11.5 Å². The number of methoxy groups -OCH3 is 1. The molecule has 1 unspecified atom stereocenters. The molecule has 0 spiro atoms. The second-order valence-corrected chi connectivity index (χ2v) is 8.75. The fourth-order valence-electron chi connectivity index (χ4n) is 3.88. The van der Waals surface area contributed by atoms with Crippen molar-refractivity contribution in [1.29, 1.82) is 0 Å². The van der Waals surface area contributed by atoms with Crippen LogP contribution in [0.15, 0.2) is 69.6 Å². The van der Waals surface area contributed by atoms with E-state index >= 15 is 0 Å². The lowest BCUT2D eigenvalue weighted by Crippen LogP contribution is -2.39. The van der Waals surface area contributed by atoms with Gasteiger partial charge in [0.25, 0.3) is 5.56 Å². The molecule has 1 atom stereocenters. The first-order valence-electron chi connectivity index (χ1n) is 10.9. The molecular weight excluding hydrogens is 468 g/mol. The van der Waals surface area contributed by atoms with E-state index in [2.05, 4.69) is 4.99 Å². The highest BCUT2D eigenvalue weighted by atomic mass is 32.1. The maximum Gasteiger partial charge on any atom is 0.338 e. The van der Waals surface area contributed by atoms with Gasteiger partial charge < -0.3 is 14.2 Å². The quantitative estimate of drug-likeness (QED) is 0.388. The summed E-state index contributed by atoms with van der Waals surface area (Å²) < 4.78 is 17.7. The molecule has 180 valence electrons. The van der Waals surface area contributed by atoms with Gasteiger partial charge in [-0.15, -0.1) is 0 Å². The lowest BCUT2D eigenvalue weighted by Gasteiger charge is -2.24. The van der Waals surface area contributed by atoms with Gasteiger partial charge in [-0.2, -0.15) is 0 Å². The summed E-state index contributed by atoms with van der Waals surface area (Å²) in [5.41, 5.74) is 1.94. The molecule has 1 aliphatic rings. The highest BCUT2D eigenvalue weighted by molar-refractivity contribution is 7.07. The summed E-state index contributed by atoms with van der Waals surface area (Å²) in [5, 5.41) is 0. The summed E-state index contributed by atoms with van der Waals surface area (Å²) in [5.74, 6) is 0.101. The minimum atomic E-state index is -0.703. The first-order chi connectivity index (χ1) is 16.8. The third-order valence-corrected chi connectivity index (χ3v) is 6.35. The van der Waals surface area contributed by atoms with Gasteiger partial charge in [-0.3, -0.25) is 14.2 Å². The highest BCUT2D eigenvalue weighted by Crippen LogP contribution is 2.31. The number of nitrogens with zero attached hydrogens (tertiary/aromatic N) is 2. The van der Waals surface area contributed by atoms with Crippen molar-refractivity contribution < 1.29 is 23.8 Å². The molecule has 4 rings (SSSR count). The van der Waals surface area contributed by atoms with Gasteiger partial charge in [0.05, 0.1) is 35.6 Å². The van der Waals surface area contributed by atoms with Crippen molar-refractivity contribution in [3.05, 3.63) is 90.6 Å². The number of rotatable bonds is 6. The summed E-state index contributed by atoms with van der Waals surface area (Å²) >= 11 is 1.22. The number of esters is 2. The van der Waals surface area contributed by atoms with Crippen LogP contribution in [0.4, 0.5) is 0 Å². The van der Waals surface area contributed by atoms with Crippen molar-refractivity contribution >= 4 is 29.4 Å². The van der Waals surface area contributed by atoms with E-state index in [1.165, 1.54) is 22.8 Å². The van der Waals surface area contributed by atoms with E-state index in [0.29, 0.717) is 37.7 Å². The summed E-state index contributed by atoms with van der Waals surface area (Å²) in [7, 11) is 1.57. The standard InChI is InChI=1S/C26H24N2O6S/c1-5-33-25(31)22-15(2)27-26-28(23(22)18-9-11-19(32-4)12-10-18)24(30)21(35-26)14-17-7-6-8-20(13-17)34-16(3)29/h6-14,23H,5H2,1-4H3/b21-14-. The molecule has 8 nitrogen and oxygen atoms in total. The number of fused-ring (bicyclic) bond motifs is 1. The second kappa shape index (κ2) is 10.1. The van der Waals surface area contributed by atoms with Crippen molar-refractivity contribution in [2.24, 2.45) is 4.99 Å². The Hall–Kier alpha value is -3.98. The maximum atomic E-state index is 13.6. The smallest absolute Gasteiger partial charge is 0.338 e. The summed E-state index contributed by atoms with van der Waals surface area (Å²) in [6.07, 6.45) is 1.71. The number of carbonyl (C=O) groups excluding carboxylic acids is 2. The van der Waals surface area contributed by atoms with Gasteiger partial charge in [0.1, 0.15) is 11.5 Å². The predicted octanol–water partition coefficient (Wildman–Crippen LogP) is 2.73. The number of hydrogen-bond acceptors (Lipinski definition) is 8. The zero-order valence-electron chi connectivity index (χ0n) is 19.7. The van der Waals surface area contributed by atoms with Crippen LogP contribution in [0.2, 0.25) is 0 Å². The van der Waals surface area contributed by atoms with Crippen LogP contribution in [0.25, 0.3) is 6.08 Å². The molecule has 35 heavy (non-hydrogen) atoms. The first-order valence-corrected chi connectivity index (χ1v) is 11.8. The molecule has 0 bridgehead atoms. The Morgan fingerprint density at radius 2 is 1.89 bits per heavy atom. The molecule has 9 heteroatoms. The van der Waals surface area contributed by atoms with Gasteiger partial charge in [0, 0.05) is 6.92 Å². The summed E-state index contributed by atoms with van der Waals surface area (Å²) in [4.78, 5) is 42.9. The van der Waals surface area contributed by atoms with Gasteiger partial charge in [-0.05, 0) is 55.3 Å². The number of hydrogen-bond donors (Lipinski definition) is 0. The van der Waals surface area contributed by atoms with Gasteiger partial charge >= 0.3 is 11.9 Å². The van der Waals surface area contributed by atoms with E-state index in [1.807, 2.05) is 12.1 Å². The van der Waals surface area contributed by atoms with E-state index in [0.717, 1.165) is 5.56 Å².